The zero-order valence-electron chi connectivity index (χ0n) is 14.4. The molecule has 2 atom stereocenters. The third kappa shape index (κ3) is 7.79. The number of halogens is 2. The molecule has 1 aromatic rings. The van der Waals surface area contributed by atoms with Crippen LogP contribution in [0.2, 0.25) is 0 Å². The van der Waals surface area contributed by atoms with Gasteiger partial charge in [-0.3, -0.25) is 0 Å². The van der Waals surface area contributed by atoms with E-state index < -0.39 is 11.7 Å². The number of ether oxygens (including phenoxy) is 1. The number of benzene rings is 1. The minimum absolute atomic E-state index is 0.0306. The molecule has 2 unspecified atom stereocenters. The second kappa shape index (κ2) is 8.64. The lowest BCUT2D eigenvalue weighted by molar-refractivity contribution is 0.0506. The maximum absolute atomic E-state index is 13.8. The molecule has 0 saturated carbocycles. The molecule has 1 amide bonds. The summed E-state index contributed by atoms with van der Waals surface area (Å²) < 4.78 is 19.9. The van der Waals surface area contributed by atoms with Crippen molar-refractivity contribution in [3.63, 3.8) is 0 Å². The Bertz CT molecular complexity index is 532. The normalized spacial score (nSPS) is 14.2. The summed E-state index contributed by atoms with van der Waals surface area (Å²) >= 11 is 3.35. The first-order chi connectivity index (χ1) is 10.6. The van der Waals surface area contributed by atoms with Crippen molar-refractivity contribution in [3.8, 4) is 0 Å². The largest absolute Gasteiger partial charge is 0.444 e. The van der Waals surface area contributed by atoms with Gasteiger partial charge in [0.1, 0.15) is 11.4 Å². The molecule has 0 aromatic heterocycles. The summed E-state index contributed by atoms with van der Waals surface area (Å²) in [5, 5.41) is 6.05. The Balaban J connectivity index is 2.38. The number of alkyl carbamates (subject to hydrolysis) is 1. The van der Waals surface area contributed by atoms with Crippen molar-refractivity contribution in [2.75, 3.05) is 6.54 Å². The van der Waals surface area contributed by atoms with Crippen LogP contribution < -0.4 is 10.6 Å². The molecule has 6 heteroatoms. The Labute approximate surface area is 146 Å². The summed E-state index contributed by atoms with van der Waals surface area (Å²) in [7, 11) is 0. The van der Waals surface area contributed by atoms with Crippen LogP contribution in [0.25, 0.3) is 0 Å². The summed E-state index contributed by atoms with van der Waals surface area (Å²) in [4.78, 5) is 11.7. The molecule has 130 valence electrons. The van der Waals surface area contributed by atoms with Crippen LogP contribution in [0, 0.1) is 5.82 Å². The van der Waals surface area contributed by atoms with Gasteiger partial charge in [0.25, 0.3) is 0 Å². The number of carbonyl (C=O) groups is 1. The van der Waals surface area contributed by atoms with E-state index in [1.165, 1.54) is 6.07 Å². The summed E-state index contributed by atoms with van der Waals surface area (Å²) in [6.45, 7) is 9.96. The number of carbonyl (C=O) groups excluding carboxylic acids is 1. The average Bonchev–Trinajstić information content (AvgIpc) is 2.38. The lowest BCUT2D eigenvalue weighted by Crippen LogP contribution is -2.39. The molecule has 4 nitrogen and oxygen atoms in total. The quantitative estimate of drug-likeness (QED) is 0.751. The van der Waals surface area contributed by atoms with Gasteiger partial charge < -0.3 is 15.4 Å². The minimum Gasteiger partial charge on any atom is -0.444 e. The standard InChI is InChI=1S/C17H26BrFN2O2/c1-11(21-16(22)23-17(3,4)5)8-9-20-12(2)14-10-13(18)6-7-15(14)19/h6-7,10-12,20H,8-9H2,1-5H3,(H,21,22). The topological polar surface area (TPSA) is 50.4 Å². The fourth-order valence-corrected chi connectivity index (χ4v) is 2.43. The lowest BCUT2D eigenvalue weighted by Gasteiger charge is -2.22. The van der Waals surface area contributed by atoms with Gasteiger partial charge in [0.15, 0.2) is 0 Å². The van der Waals surface area contributed by atoms with Gasteiger partial charge in [-0.05, 0) is 65.8 Å². The average molecular weight is 389 g/mol. The number of nitrogens with one attached hydrogen (secondary N) is 2. The first-order valence-corrected chi connectivity index (χ1v) is 8.55. The molecule has 0 radical (unpaired) electrons. The van der Waals surface area contributed by atoms with Crippen LogP contribution in [0.15, 0.2) is 22.7 Å². The predicted octanol–water partition coefficient (Wildman–Crippen LogP) is 4.54. The number of hydrogen-bond acceptors (Lipinski definition) is 3. The zero-order valence-corrected chi connectivity index (χ0v) is 16.0. The molecule has 1 rings (SSSR count). The molecule has 0 aliphatic carbocycles. The smallest absolute Gasteiger partial charge is 0.407 e. The highest BCUT2D eigenvalue weighted by Gasteiger charge is 2.18. The van der Waals surface area contributed by atoms with Crippen LogP contribution in [-0.4, -0.2) is 24.3 Å². The van der Waals surface area contributed by atoms with E-state index in [1.54, 1.807) is 12.1 Å². The number of hydrogen-bond donors (Lipinski definition) is 2. The number of rotatable bonds is 6. The van der Waals surface area contributed by atoms with E-state index in [2.05, 4.69) is 26.6 Å². The second-order valence-electron chi connectivity index (χ2n) is 6.68. The molecule has 0 aliphatic rings. The molecular formula is C17H26BrFN2O2. The molecule has 0 spiro atoms. The monoisotopic (exact) mass is 388 g/mol. The highest BCUT2D eigenvalue weighted by molar-refractivity contribution is 9.10. The van der Waals surface area contributed by atoms with Crippen molar-refractivity contribution in [1.82, 2.24) is 10.6 Å². The summed E-state index contributed by atoms with van der Waals surface area (Å²) in [6, 6.07) is 4.76. The van der Waals surface area contributed by atoms with Gasteiger partial charge in [-0.1, -0.05) is 15.9 Å². The Morgan fingerprint density at radius 2 is 2.00 bits per heavy atom. The van der Waals surface area contributed by atoms with Crippen LogP contribution in [0.1, 0.15) is 52.6 Å². The Hall–Kier alpha value is -1.14. The van der Waals surface area contributed by atoms with Gasteiger partial charge >= 0.3 is 6.09 Å². The van der Waals surface area contributed by atoms with Crippen molar-refractivity contribution in [2.24, 2.45) is 0 Å². The molecule has 2 N–H and O–H groups in total. The summed E-state index contributed by atoms with van der Waals surface area (Å²) in [5.74, 6) is -0.229. The fourth-order valence-electron chi connectivity index (χ4n) is 2.05. The van der Waals surface area contributed by atoms with Crippen LogP contribution in [-0.2, 0) is 4.74 Å². The molecule has 0 aliphatic heterocycles. The zero-order chi connectivity index (χ0) is 17.6. The first kappa shape index (κ1) is 19.9. The molecule has 0 heterocycles. The van der Waals surface area contributed by atoms with Crippen molar-refractivity contribution in [3.05, 3.63) is 34.1 Å². The van der Waals surface area contributed by atoms with Crippen molar-refractivity contribution < 1.29 is 13.9 Å². The number of amides is 1. The molecule has 23 heavy (non-hydrogen) atoms. The third-order valence-electron chi connectivity index (χ3n) is 3.22. The lowest BCUT2D eigenvalue weighted by atomic mass is 10.1. The summed E-state index contributed by atoms with van der Waals surface area (Å²) in [5.41, 5.74) is 0.113. The van der Waals surface area contributed by atoms with Crippen molar-refractivity contribution in [2.45, 2.75) is 58.7 Å². The highest BCUT2D eigenvalue weighted by atomic mass is 79.9. The van der Waals surface area contributed by atoms with Crippen LogP contribution >= 0.6 is 15.9 Å². The molecule has 0 fully saturated rings. The summed E-state index contributed by atoms with van der Waals surface area (Å²) in [6.07, 6.45) is 0.301. The minimum atomic E-state index is -0.505. The van der Waals surface area contributed by atoms with Gasteiger partial charge in [-0.2, -0.15) is 0 Å². The van der Waals surface area contributed by atoms with Crippen LogP contribution in [0.5, 0.6) is 0 Å². The SMILES string of the molecule is CC(CCNC(C)c1cc(Br)ccc1F)NC(=O)OC(C)(C)C. The van der Waals surface area contributed by atoms with E-state index in [9.17, 15) is 9.18 Å². The van der Waals surface area contributed by atoms with Crippen molar-refractivity contribution in [1.29, 1.82) is 0 Å². The first-order valence-electron chi connectivity index (χ1n) is 7.76. The van der Waals surface area contributed by atoms with Gasteiger partial charge in [-0.25, -0.2) is 9.18 Å². The second-order valence-corrected chi connectivity index (χ2v) is 7.59. The van der Waals surface area contributed by atoms with Gasteiger partial charge in [0, 0.05) is 22.1 Å². The molecule has 0 bridgehead atoms. The maximum Gasteiger partial charge on any atom is 0.407 e. The van der Waals surface area contributed by atoms with Crippen LogP contribution in [0.3, 0.4) is 0 Å². The molecule has 0 saturated heterocycles. The fraction of sp³-hybridized carbons (Fsp3) is 0.588. The van der Waals surface area contributed by atoms with Gasteiger partial charge in [0.2, 0.25) is 0 Å². The van der Waals surface area contributed by atoms with E-state index in [4.69, 9.17) is 4.74 Å². The van der Waals surface area contributed by atoms with Gasteiger partial charge in [0.05, 0.1) is 0 Å². The van der Waals surface area contributed by atoms with Crippen LogP contribution in [0.4, 0.5) is 9.18 Å². The van der Waals surface area contributed by atoms with E-state index in [-0.39, 0.29) is 17.9 Å². The van der Waals surface area contributed by atoms with E-state index in [0.29, 0.717) is 12.1 Å². The third-order valence-corrected chi connectivity index (χ3v) is 3.71. The van der Waals surface area contributed by atoms with E-state index >= 15 is 0 Å². The van der Waals surface area contributed by atoms with Gasteiger partial charge in [-0.15, -0.1) is 0 Å². The van der Waals surface area contributed by atoms with E-state index in [0.717, 1.165) is 10.9 Å². The molecule has 1 aromatic carbocycles. The van der Waals surface area contributed by atoms with Crippen molar-refractivity contribution >= 4 is 22.0 Å². The van der Waals surface area contributed by atoms with E-state index in [1.807, 2.05) is 34.6 Å². The predicted molar refractivity (Wildman–Crippen MR) is 94.0 cm³/mol. The Morgan fingerprint density at radius 1 is 1.35 bits per heavy atom. The highest BCUT2D eigenvalue weighted by Crippen LogP contribution is 2.21. The Kier molecular flexibility index (Phi) is 7.48. The Morgan fingerprint density at radius 3 is 2.61 bits per heavy atom. The maximum atomic E-state index is 13.8. The molecular weight excluding hydrogens is 363 g/mol.